The van der Waals surface area contributed by atoms with Gasteiger partial charge in [0.25, 0.3) is 0 Å². The van der Waals surface area contributed by atoms with Crippen LogP contribution in [0.4, 0.5) is 11.4 Å². The van der Waals surface area contributed by atoms with Crippen LogP contribution in [-0.2, 0) is 0 Å². The van der Waals surface area contributed by atoms with E-state index in [1.165, 1.54) is 39.0 Å². The molecule has 0 radical (unpaired) electrons. The molecule has 0 saturated heterocycles. The maximum Gasteiger partial charge on any atom is 0.220 e. The Hall–Kier alpha value is -2.61. The molecule has 0 fully saturated rings. The van der Waals surface area contributed by atoms with Gasteiger partial charge >= 0.3 is 0 Å². The molecule has 0 saturated carbocycles. The molecule has 4 rings (SSSR count). The van der Waals surface area contributed by atoms with Gasteiger partial charge in [-0.15, -0.1) is 0 Å². The lowest BCUT2D eigenvalue weighted by molar-refractivity contribution is -0.399. The van der Waals surface area contributed by atoms with Crippen LogP contribution in [0, 0.1) is 0 Å². The molecule has 3 aromatic rings. The van der Waals surface area contributed by atoms with Crippen molar-refractivity contribution in [3.05, 3.63) is 71.8 Å². The fraction of sp³-hybridized carbons (Fsp3) is 0.150. The van der Waals surface area contributed by atoms with Crippen molar-refractivity contribution >= 4 is 27.9 Å². The van der Waals surface area contributed by atoms with Crippen molar-refractivity contribution in [3.63, 3.8) is 0 Å². The molecule has 22 heavy (non-hydrogen) atoms. The van der Waals surface area contributed by atoms with E-state index < -0.39 is 0 Å². The maximum atomic E-state index is 2.31. The van der Waals surface area contributed by atoms with Crippen LogP contribution in [-0.4, -0.2) is 31.4 Å². The van der Waals surface area contributed by atoms with Gasteiger partial charge in [-0.3, -0.25) is 0 Å². The minimum Gasteiger partial charge on any atom is -0.378 e. The second-order valence-electron chi connectivity index (χ2n) is 6.03. The van der Waals surface area contributed by atoms with Crippen LogP contribution >= 0.6 is 0 Å². The molecule has 1 heterocycles. The quantitative estimate of drug-likeness (QED) is 0.645. The molecule has 0 amide bonds. The predicted octanol–water partition coefficient (Wildman–Crippen LogP) is 4.03. The van der Waals surface area contributed by atoms with Crippen LogP contribution < -0.4 is 4.90 Å². The molecule has 2 nitrogen and oxygen atoms in total. The fourth-order valence-corrected chi connectivity index (χ4v) is 3.37. The van der Waals surface area contributed by atoms with E-state index in [9.17, 15) is 0 Å². The van der Waals surface area contributed by atoms with Crippen molar-refractivity contribution in [2.75, 3.05) is 26.0 Å². The summed E-state index contributed by atoms with van der Waals surface area (Å²) < 4.78 is 2.31. The summed E-state index contributed by atoms with van der Waals surface area (Å²) in [5, 5.41) is 2.67. The molecule has 0 atom stereocenters. The summed E-state index contributed by atoms with van der Waals surface area (Å²) in [4.78, 5) is 2.13. The Bertz CT molecular complexity index is 897. The van der Waals surface area contributed by atoms with Gasteiger partial charge < -0.3 is 4.90 Å². The van der Waals surface area contributed by atoms with E-state index in [1.54, 1.807) is 0 Å². The Morgan fingerprint density at radius 3 is 2.18 bits per heavy atom. The van der Waals surface area contributed by atoms with Crippen LogP contribution in [0.3, 0.4) is 0 Å². The van der Waals surface area contributed by atoms with Gasteiger partial charge in [0.05, 0.1) is 10.9 Å². The summed E-state index contributed by atoms with van der Waals surface area (Å²) >= 11 is 0. The lowest BCUT2D eigenvalue weighted by atomic mass is 9.98. The highest BCUT2D eigenvalue weighted by Crippen LogP contribution is 2.36. The minimum atomic E-state index is 1.22. The second-order valence-corrected chi connectivity index (χ2v) is 6.03. The number of nitrogens with zero attached hydrogens (tertiary/aromatic N) is 2. The molecule has 1 aliphatic heterocycles. The highest BCUT2D eigenvalue weighted by Gasteiger charge is 2.30. The largest absolute Gasteiger partial charge is 0.378 e. The lowest BCUT2D eigenvalue weighted by Crippen LogP contribution is -2.12. The smallest absolute Gasteiger partial charge is 0.220 e. The number of benzene rings is 3. The molecule has 108 valence electrons. The fourth-order valence-electron chi connectivity index (χ4n) is 3.37. The predicted molar refractivity (Wildman–Crippen MR) is 93.8 cm³/mol. The average molecular weight is 287 g/mol. The Labute approximate surface area is 130 Å². The Morgan fingerprint density at radius 2 is 1.50 bits per heavy atom. The normalized spacial score (nSPS) is 13.0. The molecule has 0 aliphatic carbocycles. The van der Waals surface area contributed by atoms with E-state index in [-0.39, 0.29) is 0 Å². The first-order valence-electron chi connectivity index (χ1n) is 7.57. The molecule has 0 spiro atoms. The van der Waals surface area contributed by atoms with Gasteiger partial charge in [0.2, 0.25) is 11.4 Å². The second kappa shape index (κ2) is 4.70. The van der Waals surface area contributed by atoms with E-state index in [2.05, 4.69) is 91.3 Å². The summed E-state index contributed by atoms with van der Waals surface area (Å²) in [6, 6.07) is 21.9. The van der Waals surface area contributed by atoms with Crippen LogP contribution in [0.1, 0.15) is 11.1 Å². The van der Waals surface area contributed by atoms with Crippen molar-refractivity contribution in [1.82, 2.24) is 0 Å². The van der Waals surface area contributed by atoms with E-state index in [0.717, 1.165) is 0 Å². The standard InChI is InChI=1S/C20H19N2/c1-21(2)16-12-10-15(11-13-16)20-17-8-4-6-14-7-5-9-18(19(14)17)22(20)3/h4-13H,1-3H3/q+1. The van der Waals surface area contributed by atoms with E-state index in [0.29, 0.717) is 0 Å². The van der Waals surface area contributed by atoms with Crippen LogP contribution in [0.25, 0.3) is 10.8 Å². The molecule has 0 unspecified atom stereocenters. The van der Waals surface area contributed by atoms with Crippen LogP contribution in [0.15, 0.2) is 60.7 Å². The van der Waals surface area contributed by atoms with Crippen LogP contribution in [0.2, 0.25) is 0 Å². The van der Waals surface area contributed by atoms with Gasteiger partial charge in [-0.1, -0.05) is 24.3 Å². The highest BCUT2D eigenvalue weighted by molar-refractivity contribution is 6.22. The molecule has 2 heteroatoms. The highest BCUT2D eigenvalue weighted by atomic mass is 15.1. The molecule has 1 aliphatic rings. The van der Waals surface area contributed by atoms with Gasteiger partial charge in [-0.25, -0.2) is 0 Å². The van der Waals surface area contributed by atoms with Gasteiger partial charge in [0, 0.05) is 31.4 Å². The number of hydrogen-bond donors (Lipinski definition) is 0. The summed E-state index contributed by atoms with van der Waals surface area (Å²) in [7, 11) is 6.30. The Morgan fingerprint density at radius 1 is 0.818 bits per heavy atom. The summed E-state index contributed by atoms with van der Waals surface area (Å²) in [6.07, 6.45) is 0. The SMILES string of the molecule is CN(C)c1ccc(C2=[N+](C)c3cccc4cccc2c34)cc1. The Balaban J connectivity index is 1.93. The van der Waals surface area contributed by atoms with Gasteiger partial charge in [0.15, 0.2) is 0 Å². The summed E-state index contributed by atoms with van der Waals surface area (Å²) in [5.41, 5.74) is 6.39. The van der Waals surface area contributed by atoms with Gasteiger partial charge in [0.1, 0.15) is 7.05 Å². The van der Waals surface area contributed by atoms with Gasteiger partial charge in [-0.2, -0.15) is 4.58 Å². The van der Waals surface area contributed by atoms with E-state index >= 15 is 0 Å². The molecular weight excluding hydrogens is 268 g/mol. The van der Waals surface area contributed by atoms with Crippen molar-refractivity contribution in [2.45, 2.75) is 0 Å². The first kappa shape index (κ1) is 13.1. The van der Waals surface area contributed by atoms with E-state index in [1.807, 2.05) is 0 Å². The molecule has 0 aromatic heterocycles. The summed E-state index contributed by atoms with van der Waals surface area (Å²) in [6.45, 7) is 0. The topological polar surface area (TPSA) is 6.25 Å². The first-order chi connectivity index (χ1) is 10.7. The number of hydrogen-bond acceptors (Lipinski definition) is 1. The third-order valence-electron chi connectivity index (χ3n) is 4.49. The third-order valence-corrected chi connectivity index (χ3v) is 4.49. The Kier molecular flexibility index (Phi) is 2.80. The zero-order chi connectivity index (χ0) is 15.3. The molecule has 0 N–H and O–H groups in total. The minimum absolute atomic E-state index is 1.22. The molecule has 3 aromatic carbocycles. The first-order valence-corrected chi connectivity index (χ1v) is 7.57. The van der Waals surface area contributed by atoms with Crippen LogP contribution in [0.5, 0.6) is 0 Å². The number of anilines is 1. The summed E-state index contributed by atoms with van der Waals surface area (Å²) in [5.74, 6) is 0. The van der Waals surface area contributed by atoms with Crippen molar-refractivity contribution in [2.24, 2.45) is 0 Å². The number of rotatable bonds is 2. The van der Waals surface area contributed by atoms with Crippen molar-refractivity contribution in [3.8, 4) is 0 Å². The zero-order valence-corrected chi connectivity index (χ0v) is 13.2. The van der Waals surface area contributed by atoms with Gasteiger partial charge in [-0.05, 0) is 35.7 Å². The molecule has 0 bridgehead atoms. The maximum absolute atomic E-state index is 2.31. The van der Waals surface area contributed by atoms with Crippen molar-refractivity contribution < 1.29 is 4.58 Å². The van der Waals surface area contributed by atoms with E-state index in [4.69, 9.17) is 0 Å². The average Bonchev–Trinajstić information content (AvgIpc) is 2.83. The molecular formula is C20H19N2+. The van der Waals surface area contributed by atoms with Crippen molar-refractivity contribution in [1.29, 1.82) is 0 Å². The monoisotopic (exact) mass is 287 g/mol. The zero-order valence-electron chi connectivity index (χ0n) is 13.2. The third kappa shape index (κ3) is 1.77. The lowest BCUT2D eigenvalue weighted by Gasteiger charge is -2.12.